The minimum Gasteiger partial charge on any atom is -0.494 e. The zero-order chi connectivity index (χ0) is 15.0. The fraction of sp³-hybridized carbons (Fsp3) is 0.571. The van der Waals surface area contributed by atoms with Gasteiger partial charge in [-0.2, -0.15) is 13.2 Å². The van der Waals surface area contributed by atoms with Crippen LogP contribution in [0.15, 0.2) is 18.2 Å². The molecule has 6 heteroatoms. The number of benzene rings is 1. The van der Waals surface area contributed by atoms with Gasteiger partial charge in [0, 0.05) is 11.1 Å². The van der Waals surface area contributed by atoms with E-state index in [2.05, 4.69) is 0 Å². The summed E-state index contributed by atoms with van der Waals surface area (Å²) in [5.41, 5.74) is 5.33. The predicted octanol–water partition coefficient (Wildman–Crippen LogP) is 3.74. The van der Waals surface area contributed by atoms with Crippen molar-refractivity contribution in [2.45, 2.75) is 37.4 Å². The first-order valence-electron chi connectivity index (χ1n) is 6.46. The molecule has 112 valence electrons. The summed E-state index contributed by atoms with van der Waals surface area (Å²) < 4.78 is 57.1. The summed E-state index contributed by atoms with van der Waals surface area (Å²) in [6.07, 6.45) is -4.12. The zero-order valence-electron chi connectivity index (χ0n) is 11.1. The van der Waals surface area contributed by atoms with Crippen LogP contribution in [0.25, 0.3) is 0 Å². The third kappa shape index (κ3) is 2.75. The van der Waals surface area contributed by atoms with E-state index in [4.69, 9.17) is 10.5 Å². The van der Waals surface area contributed by atoms with Crippen LogP contribution in [0.3, 0.4) is 0 Å². The van der Waals surface area contributed by atoms with E-state index in [1.165, 1.54) is 19.2 Å². The highest BCUT2D eigenvalue weighted by Crippen LogP contribution is 2.45. The first-order chi connectivity index (χ1) is 9.28. The molecule has 0 saturated heterocycles. The van der Waals surface area contributed by atoms with Crippen molar-refractivity contribution in [2.75, 3.05) is 7.11 Å². The molecule has 1 aliphatic carbocycles. The molecule has 2 rings (SSSR count). The highest BCUT2D eigenvalue weighted by molar-refractivity contribution is 5.35. The average Bonchev–Trinajstić information content (AvgIpc) is 2.38. The molecule has 0 spiro atoms. The van der Waals surface area contributed by atoms with Crippen molar-refractivity contribution in [3.8, 4) is 5.75 Å². The van der Waals surface area contributed by atoms with Crippen molar-refractivity contribution >= 4 is 0 Å². The van der Waals surface area contributed by atoms with Gasteiger partial charge in [0.05, 0.1) is 13.0 Å². The van der Waals surface area contributed by atoms with Crippen LogP contribution in [0.1, 0.15) is 31.2 Å². The number of rotatable bonds is 2. The van der Waals surface area contributed by atoms with E-state index in [0.717, 1.165) is 0 Å². The molecule has 2 nitrogen and oxygen atoms in total. The van der Waals surface area contributed by atoms with E-state index in [0.29, 0.717) is 0 Å². The van der Waals surface area contributed by atoms with Gasteiger partial charge in [0.25, 0.3) is 0 Å². The van der Waals surface area contributed by atoms with Crippen molar-refractivity contribution in [3.63, 3.8) is 0 Å². The maximum Gasteiger partial charge on any atom is 0.391 e. The Balaban J connectivity index is 2.22. The first kappa shape index (κ1) is 15.1. The summed E-state index contributed by atoms with van der Waals surface area (Å²) >= 11 is 0. The SMILES string of the molecule is COc1cccc(C2(N)CCC(C(F)(F)F)CC2)c1F. The highest BCUT2D eigenvalue weighted by atomic mass is 19.4. The van der Waals surface area contributed by atoms with Crippen LogP contribution in [0.2, 0.25) is 0 Å². The third-order valence-electron chi connectivity index (χ3n) is 4.06. The molecule has 0 unspecified atom stereocenters. The van der Waals surface area contributed by atoms with Crippen molar-refractivity contribution in [1.82, 2.24) is 0 Å². The predicted molar refractivity (Wildman–Crippen MR) is 66.8 cm³/mol. The summed E-state index contributed by atoms with van der Waals surface area (Å²) in [4.78, 5) is 0. The van der Waals surface area contributed by atoms with E-state index in [1.54, 1.807) is 6.07 Å². The lowest BCUT2D eigenvalue weighted by Gasteiger charge is -2.38. The van der Waals surface area contributed by atoms with Crippen molar-refractivity contribution in [3.05, 3.63) is 29.6 Å². The molecule has 1 fully saturated rings. The van der Waals surface area contributed by atoms with Crippen LogP contribution in [-0.4, -0.2) is 13.3 Å². The number of hydrogen-bond acceptors (Lipinski definition) is 2. The van der Waals surface area contributed by atoms with Gasteiger partial charge in [0.15, 0.2) is 11.6 Å². The normalized spacial score (nSPS) is 27.4. The van der Waals surface area contributed by atoms with Gasteiger partial charge in [0.2, 0.25) is 0 Å². The lowest BCUT2D eigenvalue weighted by molar-refractivity contribution is -0.184. The summed E-state index contributed by atoms with van der Waals surface area (Å²) in [5.74, 6) is -1.86. The van der Waals surface area contributed by atoms with E-state index >= 15 is 0 Å². The minimum absolute atomic E-state index is 0.0604. The monoisotopic (exact) mass is 291 g/mol. The first-order valence-corrected chi connectivity index (χ1v) is 6.46. The van der Waals surface area contributed by atoms with Gasteiger partial charge in [-0.3, -0.25) is 0 Å². The van der Waals surface area contributed by atoms with Crippen molar-refractivity contribution < 1.29 is 22.3 Å². The second-order valence-electron chi connectivity index (χ2n) is 5.29. The number of halogens is 4. The van der Waals surface area contributed by atoms with Gasteiger partial charge in [-0.25, -0.2) is 4.39 Å². The molecule has 0 heterocycles. The zero-order valence-corrected chi connectivity index (χ0v) is 11.1. The Morgan fingerprint density at radius 1 is 1.25 bits per heavy atom. The second-order valence-corrected chi connectivity index (χ2v) is 5.29. The fourth-order valence-corrected chi connectivity index (χ4v) is 2.78. The Morgan fingerprint density at radius 3 is 2.35 bits per heavy atom. The molecule has 0 amide bonds. The summed E-state index contributed by atoms with van der Waals surface area (Å²) in [7, 11) is 1.34. The Bertz CT molecular complexity index is 479. The largest absolute Gasteiger partial charge is 0.494 e. The molecular formula is C14H17F4NO. The molecule has 1 aromatic rings. The number of nitrogens with two attached hydrogens (primary N) is 1. The van der Waals surface area contributed by atoms with Gasteiger partial charge in [-0.15, -0.1) is 0 Å². The fourth-order valence-electron chi connectivity index (χ4n) is 2.78. The van der Waals surface area contributed by atoms with Crippen molar-refractivity contribution in [2.24, 2.45) is 11.7 Å². The maximum atomic E-state index is 14.2. The van der Waals surface area contributed by atoms with Crippen LogP contribution in [0.4, 0.5) is 17.6 Å². The molecule has 0 aromatic heterocycles. The standard InChI is InChI=1S/C14H17F4NO/c1-20-11-4-2-3-10(12(11)15)13(19)7-5-9(6-8-13)14(16,17)18/h2-4,9H,5-8,19H2,1H3. The minimum atomic E-state index is -4.20. The van der Waals surface area contributed by atoms with Gasteiger partial charge in [-0.05, 0) is 31.7 Å². The second kappa shape index (κ2) is 5.24. The van der Waals surface area contributed by atoms with Crippen LogP contribution in [-0.2, 0) is 5.54 Å². The van der Waals surface area contributed by atoms with Crippen LogP contribution < -0.4 is 10.5 Å². The Kier molecular flexibility index (Phi) is 3.95. The summed E-state index contributed by atoms with van der Waals surface area (Å²) in [5, 5.41) is 0. The number of ether oxygens (including phenoxy) is 1. The smallest absolute Gasteiger partial charge is 0.391 e. The summed E-state index contributed by atoms with van der Waals surface area (Å²) in [6, 6.07) is 4.58. The Morgan fingerprint density at radius 2 is 1.85 bits per heavy atom. The number of methoxy groups -OCH3 is 1. The molecule has 1 aromatic carbocycles. The van der Waals surface area contributed by atoms with Crippen molar-refractivity contribution in [1.29, 1.82) is 0 Å². The van der Waals surface area contributed by atoms with Gasteiger partial charge in [0.1, 0.15) is 0 Å². The van der Waals surface area contributed by atoms with Gasteiger partial charge < -0.3 is 10.5 Å². The highest BCUT2D eigenvalue weighted by Gasteiger charge is 2.45. The Labute approximate surface area is 114 Å². The van der Waals surface area contributed by atoms with E-state index in [1.807, 2.05) is 0 Å². The molecule has 1 saturated carbocycles. The topological polar surface area (TPSA) is 35.2 Å². The van der Waals surface area contributed by atoms with E-state index < -0.39 is 23.5 Å². The van der Waals surface area contributed by atoms with Gasteiger partial charge >= 0.3 is 6.18 Å². The summed E-state index contributed by atoms with van der Waals surface area (Å²) in [6.45, 7) is 0. The van der Waals surface area contributed by atoms with E-state index in [9.17, 15) is 17.6 Å². The lowest BCUT2D eigenvalue weighted by atomic mass is 9.73. The molecule has 0 bridgehead atoms. The average molecular weight is 291 g/mol. The van der Waals surface area contributed by atoms with Crippen LogP contribution in [0, 0.1) is 11.7 Å². The molecular weight excluding hydrogens is 274 g/mol. The maximum absolute atomic E-state index is 14.2. The third-order valence-corrected chi connectivity index (χ3v) is 4.06. The molecule has 1 aliphatic rings. The quantitative estimate of drug-likeness (QED) is 0.842. The van der Waals surface area contributed by atoms with E-state index in [-0.39, 0.29) is 37.0 Å². The molecule has 0 radical (unpaired) electrons. The molecule has 0 atom stereocenters. The Hall–Kier alpha value is -1.30. The molecule has 2 N–H and O–H groups in total. The van der Waals surface area contributed by atoms with Crippen LogP contribution in [0.5, 0.6) is 5.75 Å². The molecule has 0 aliphatic heterocycles. The van der Waals surface area contributed by atoms with Gasteiger partial charge in [-0.1, -0.05) is 12.1 Å². The number of hydrogen-bond donors (Lipinski definition) is 1. The molecule has 20 heavy (non-hydrogen) atoms. The number of alkyl halides is 3. The van der Waals surface area contributed by atoms with Crippen LogP contribution >= 0.6 is 0 Å². The lowest BCUT2D eigenvalue weighted by Crippen LogP contribution is -2.43.